The largest absolute Gasteiger partial charge is 0.368 e. The second-order valence-electron chi connectivity index (χ2n) is 3.53. The van der Waals surface area contributed by atoms with Gasteiger partial charge in [-0.15, -0.1) is 0 Å². The summed E-state index contributed by atoms with van der Waals surface area (Å²) in [6.45, 7) is 4.98. The van der Waals surface area contributed by atoms with Gasteiger partial charge >= 0.3 is 0 Å². The minimum atomic E-state index is 0.767. The molecule has 0 aliphatic carbocycles. The third-order valence-corrected chi connectivity index (χ3v) is 2.23. The van der Waals surface area contributed by atoms with Crippen molar-refractivity contribution < 1.29 is 0 Å². The number of hydrogen-bond acceptors (Lipinski definition) is 4. The first kappa shape index (κ1) is 9.89. The zero-order valence-corrected chi connectivity index (χ0v) is 9.04. The number of aromatic amines is 1. The second kappa shape index (κ2) is 4.25. The third kappa shape index (κ3) is 2.06. The van der Waals surface area contributed by atoms with Gasteiger partial charge in [-0.2, -0.15) is 5.10 Å². The summed E-state index contributed by atoms with van der Waals surface area (Å²) in [5, 5.41) is 10.2. The number of unbranched alkanes of at least 4 members (excludes halogenated alkanes) is 1. The van der Waals surface area contributed by atoms with Crippen molar-refractivity contribution in [3.8, 4) is 0 Å². The average molecular weight is 205 g/mol. The third-order valence-electron chi connectivity index (χ3n) is 2.23. The van der Waals surface area contributed by atoms with Crippen molar-refractivity contribution in [1.82, 2.24) is 20.2 Å². The van der Waals surface area contributed by atoms with Crippen molar-refractivity contribution in [2.24, 2.45) is 0 Å². The van der Waals surface area contributed by atoms with E-state index >= 15 is 0 Å². The molecule has 0 radical (unpaired) electrons. The van der Waals surface area contributed by atoms with Crippen LogP contribution in [0.15, 0.2) is 6.20 Å². The van der Waals surface area contributed by atoms with Crippen LogP contribution in [0.5, 0.6) is 0 Å². The molecule has 0 saturated heterocycles. The van der Waals surface area contributed by atoms with Crippen molar-refractivity contribution >= 4 is 16.9 Å². The first-order chi connectivity index (χ1) is 7.31. The number of H-pyrrole nitrogens is 1. The van der Waals surface area contributed by atoms with E-state index in [-0.39, 0.29) is 0 Å². The Balaban J connectivity index is 2.27. The van der Waals surface area contributed by atoms with Crippen LogP contribution in [0, 0.1) is 6.92 Å². The number of fused-ring (bicyclic) bond motifs is 1. The Morgan fingerprint density at radius 3 is 3.07 bits per heavy atom. The number of aromatic nitrogens is 4. The van der Waals surface area contributed by atoms with Gasteiger partial charge in [0.1, 0.15) is 16.9 Å². The van der Waals surface area contributed by atoms with E-state index in [4.69, 9.17) is 0 Å². The number of hydrogen-bond donors (Lipinski definition) is 2. The molecule has 0 bridgehead atoms. The molecule has 0 saturated carbocycles. The maximum Gasteiger partial charge on any atom is 0.155 e. The number of nitrogens with zero attached hydrogens (tertiary/aromatic N) is 3. The maximum absolute atomic E-state index is 4.35. The van der Waals surface area contributed by atoms with Gasteiger partial charge in [-0.1, -0.05) is 13.3 Å². The highest BCUT2D eigenvalue weighted by atomic mass is 15.2. The Kier molecular flexibility index (Phi) is 2.80. The summed E-state index contributed by atoms with van der Waals surface area (Å²) in [5.41, 5.74) is 1.75. The zero-order valence-electron chi connectivity index (χ0n) is 9.04. The summed E-state index contributed by atoms with van der Waals surface area (Å²) in [5.74, 6) is 1.62. The molecule has 80 valence electrons. The molecule has 5 nitrogen and oxygen atoms in total. The SMILES string of the molecule is CCCCNc1nc(C)nc2cn[nH]c12. The highest BCUT2D eigenvalue weighted by molar-refractivity contribution is 5.84. The summed E-state index contributed by atoms with van der Waals surface area (Å²) in [6.07, 6.45) is 4.02. The van der Waals surface area contributed by atoms with Gasteiger partial charge < -0.3 is 5.32 Å². The predicted molar refractivity (Wildman–Crippen MR) is 59.8 cm³/mol. The second-order valence-corrected chi connectivity index (χ2v) is 3.53. The maximum atomic E-state index is 4.35. The number of aryl methyl sites for hydroxylation is 1. The lowest BCUT2D eigenvalue weighted by Gasteiger charge is -2.05. The highest BCUT2D eigenvalue weighted by Gasteiger charge is 2.06. The monoisotopic (exact) mass is 205 g/mol. The van der Waals surface area contributed by atoms with Crippen molar-refractivity contribution in [2.45, 2.75) is 26.7 Å². The fraction of sp³-hybridized carbons (Fsp3) is 0.500. The summed E-state index contributed by atoms with van der Waals surface area (Å²) < 4.78 is 0. The standard InChI is InChI=1S/C10H15N5/c1-3-4-5-11-10-9-8(6-12-15-9)13-7(2)14-10/h6H,3-5H2,1-2H3,(H,12,15)(H,11,13,14). The molecule has 0 aromatic carbocycles. The quantitative estimate of drug-likeness (QED) is 0.748. The van der Waals surface area contributed by atoms with Crippen LogP contribution < -0.4 is 5.32 Å². The van der Waals surface area contributed by atoms with Gasteiger partial charge in [0.05, 0.1) is 6.20 Å². The van der Waals surface area contributed by atoms with E-state index in [1.807, 2.05) is 6.92 Å². The van der Waals surface area contributed by atoms with Crippen LogP contribution in [0.25, 0.3) is 11.0 Å². The Morgan fingerprint density at radius 1 is 1.40 bits per heavy atom. The van der Waals surface area contributed by atoms with E-state index in [9.17, 15) is 0 Å². The highest BCUT2D eigenvalue weighted by Crippen LogP contribution is 2.16. The van der Waals surface area contributed by atoms with Crippen LogP contribution in [0.2, 0.25) is 0 Å². The van der Waals surface area contributed by atoms with Crippen LogP contribution in [-0.2, 0) is 0 Å². The Hall–Kier alpha value is -1.65. The van der Waals surface area contributed by atoms with Crippen LogP contribution >= 0.6 is 0 Å². The molecule has 0 fully saturated rings. The number of rotatable bonds is 4. The smallest absolute Gasteiger partial charge is 0.155 e. The average Bonchev–Trinajstić information content (AvgIpc) is 2.65. The van der Waals surface area contributed by atoms with Gasteiger partial charge in [0.2, 0.25) is 0 Å². The van der Waals surface area contributed by atoms with Gasteiger partial charge in [-0.25, -0.2) is 9.97 Å². The fourth-order valence-corrected chi connectivity index (χ4v) is 1.47. The molecule has 2 aromatic rings. The first-order valence-corrected chi connectivity index (χ1v) is 5.23. The Bertz CT molecular complexity index is 448. The van der Waals surface area contributed by atoms with Gasteiger partial charge in [0, 0.05) is 6.54 Å². The van der Waals surface area contributed by atoms with Crippen LogP contribution in [0.3, 0.4) is 0 Å². The van der Waals surface area contributed by atoms with Gasteiger partial charge in [-0.3, -0.25) is 5.10 Å². The molecule has 5 heteroatoms. The molecule has 0 spiro atoms. The number of anilines is 1. The van der Waals surface area contributed by atoms with Gasteiger partial charge in [-0.05, 0) is 13.3 Å². The molecular weight excluding hydrogens is 190 g/mol. The summed E-state index contributed by atoms with van der Waals surface area (Å²) in [7, 11) is 0. The topological polar surface area (TPSA) is 66.5 Å². The molecule has 2 aromatic heterocycles. The minimum Gasteiger partial charge on any atom is -0.368 e. The minimum absolute atomic E-state index is 0.767. The molecule has 2 rings (SSSR count). The van der Waals surface area contributed by atoms with Crippen LogP contribution in [-0.4, -0.2) is 26.7 Å². The van der Waals surface area contributed by atoms with E-state index in [0.717, 1.165) is 35.6 Å². The molecule has 0 aliphatic rings. The Morgan fingerprint density at radius 2 is 2.27 bits per heavy atom. The van der Waals surface area contributed by atoms with Crippen molar-refractivity contribution in [3.63, 3.8) is 0 Å². The fourth-order valence-electron chi connectivity index (χ4n) is 1.47. The van der Waals surface area contributed by atoms with Crippen molar-refractivity contribution in [2.75, 3.05) is 11.9 Å². The summed E-state index contributed by atoms with van der Waals surface area (Å²) in [6, 6.07) is 0. The zero-order chi connectivity index (χ0) is 10.7. The normalized spacial score (nSPS) is 10.8. The molecule has 2 N–H and O–H groups in total. The lowest BCUT2D eigenvalue weighted by atomic mass is 10.3. The van der Waals surface area contributed by atoms with E-state index in [1.165, 1.54) is 6.42 Å². The summed E-state index contributed by atoms with van der Waals surface area (Å²) >= 11 is 0. The molecule has 2 heterocycles. The van der Waals surface area contributed by atoms with E-state index in [1.54, 1.807) is 6.20 Å². The van der Waals surface area contributed by atoms with Crippen LogP contribution in [0.1, 0.15) is 25.6 Å². The molecule has 0 unspecified atom stereocenters. The lowest BCUT2D eigenvalue weighted by Crippen LogP contribution is -2.05. The lowest BCUT2D eigenvalue weighted by molar-refractivity contribution is 0.830. The van der Waals surface area contributed by atoms with E-state index in [2.05, 4.69) is 32.4 Å². The molecular formula is C10H15N5. The first-order valence-electron chi connectivity index (χ1n) is 5.23. The van der Waals surface area contributed by atoms with Crippen molar-refractivity contribution in [1.29, 1.82) is 0 Å². The molecule has 0 atom stereocenters. The van der Waals surface area contributed by atoms with Crippen LogP contribution in [0.4, 0.5) is 5.82 Å². The van der Waals surface area contributed by atoms with Crippen molar-refractivity contribution in [3.05, 3.63) is 12.0 Å². The van der Waals surface area contributed by atoms with E-state index in [0.29, 0.717) is 0 Å². The van der Waals surface area contributed by atoms with Gasteiger partial charge in [0.15, 0.2) is 5.82 Å². The van der Waals surface area contributed by atoms with E-state index < -0.39 is 0 Å². The Labute approximate surface area is 88.3 Å². The number of nitrogens with one attached hydrogen (secondary N) is 2. The molecule has 0 amide bonds. The summed E-state index contributed by atoms with van der Waals surface area (Å²) in [4.78, 5) is 8.63. The predicted octanol–water partition coefficient (Wildman–Crippen LogP) is 1.87. The van der Waals surface area contributed by atoms with Gasteiger partial charge in [0.25, 0.3) is 0 Å². The molecule has 15 heavy (non-hydrogen) atoms. The molecule has 0 aliphatic heterocycles.